The maximum absolute atomic E-state index is 11.9. The zero-order chi connectivity index (χ0) is 12.2. The van der Waals surface area contributed by atoms with Crippen LogP contribution in [0.4, 0.5) is 0 Å². The van der Waals surface area contributed by atoms with Crippen molar-refractivity contribution in [2.24, 2.45) is 0 Å². The lowest BCUT2D eigenvalue weighted by Gasteiger charge is -2.37. The molecule has 0 aliphatic heterocycles. The van der Waals surface area contributed by atoms with E-state index < -0.39 is 0 Å². The summed E-state index contributed by atoms with van der Waals surface area (Å²) < 4.78 is 0. The maximum atomic E-state index is 11.9. The van der Waals surface area contributed by atoms with Crippen molar-refractivity contribution in [2.45, 2.75) is 70.4 Å². The highest BCUT2D eigenvalue weighted by atomic mass is 16.1. The molecule has 0 aromatic carbocycles. The molecule has 3 heteroatoms. The second-order valence-electron chi connectivity index (χ2n) is 6.07. The van der Waals surface area contributed by atoms with E-state index in [1.807, 2.05) is 27.8 Å². The third-order valence-electron chi connectivity index (χ3n) is 3.35. The first-order valence-corrected chi connectivity index (χ1v) is 6.37. The van der Waals surface area contributed by atoms with Gasteiger partial charge in [-0.1, -0.05) is 19.3 Å². The average Bonchev–Trinajstić information content (AvgIpc) is 2.16. The van der Waals surface area contributed by atoms with Gasteiger partial charge in [0.05, 0.1) is 0 Å². The van der Waals surface area contributed by atoms with Crippen molar-refractivity contribution < 1.29 is 4.79 Å². The van der Waals surface area contributed by atoms with Gasteiger partial charge in [0, 0.05) is 17.5 Å². The molecule has 0 radical (unpaired) electrons. The second-order valence-corrected chi connectivity index (χ2v) is 6.07. The molecule has 0 saturated heterocycles. The van der Waals surface area contributed by atoms with Crippen molar-refractivity contribution in [2.75, 3.05) is 7.05 Å². The van der Waals surface area contributed by atoms with Crippen LogP contribution in [-0.4, -0.2) is 24.0 Å². The third-order valence-corrected chi connectivity index (χ3v) is 3.35. The Morgan fingerprint density at radius 1 is 1.19 bits per heavy atom. The van der Waals surface area contributed by atoms with E-state index in [9.17, 15) is 4.79 Å². The van der Waals surface area contributed by atoms with Gasteiger partial charge in [-0.15, -0.1) is 0 Å². The molecule has 1 aliphatic rings. The normalized spacial score (nSPS) is 20.5. The van der Waals surface area contributed by atoms with E-state index in [1.165, 1.54) is 19.3 Å². The Bertz CT molecular complexity index is 237. The van der Waals surface area contributed by atoms with E-state index in [-0.39, 0.29) is 17.0 Å². The second kappa shape index (κ2) is 5.17. The Balaban J connectivity index is 2.52. The highest BCUT2D eigenvalue weighted by Crippen LogP contribution is 2.30. The van der Waals surface area contributed by atoms with Crippen molar-refractivity contribution in [1.29, 1.82) is 0 Å². The maximum Gasteiger partial charge on any atom is 0.222 e. The van der Waals surface area contributed by atoms with Crippen LogP contribution in [0, 0.1) is 0 Å². The zero-order valence-electron chi connectivity index (χ0n) is 11.2. The quantitative estimate of drug-likeness (QED) is 0.774. The Morgan fingerprint density at radius 3 is 2.19 bits per heavy atom. The van der Waals surface area contributed by atoms with Crippen LogP contribution in [0.2, 0.25) is 0 Å². The molecule has 0 spiro atoms. The van der Waals surface area contributed by atoms with Crippen molar-refractivity contribution >= 4 is 5.91 Å². The molecule has 0 unspecified atom stereocenters. The van der Waals surface area contributed by atoms with Crippen molar-refractivity contribution in [1.82, 2.24) is 10.6 Å². The summed E-state index contributed by atoms with van der Waals surface area (Å²) in [7, 11) is 1.98. The number of amides is 1. The van der Waals surface area contributed by atoms with E-state index >= 15 is 0 Å². The van der Waals surface area contributed by atoms with Crippen LogP contribution < -0.4 is 10.6 Å². The summed E-state index contributed by atoms with van der Waals surface area (Å²) in [4.78, 5) is 11.9. The fourth-order valence-corrected chi connectivity index (χ4v) is 2.51. The van der Waals surface area contributed by atoms with Gasteiger partial charge >= 0.3 is 0 Å². The molecule has 3 nitrogen and oxygen atoms in total. The lowest BCUT2D eigenvalue weighted by molar-refractivity contribution is -0.124. The largest absolute Gasteiger partial charge is 0.351 e. The van der Waals surface area contributed by atoms with E-state index in [4.69, 9.17) is 0 Å². The number of rotatable bonds is 3. The molecule has 0 aromatic heterocycles. The van der Waals surface area contributed by atoms with Gasteiger partial charge in [0.25, 0.3) is 0 Å². The summed E-state index contributed by atoms with van der Waals surface area (Å²) >= 11 is 0. The van der Waals surface area contributed by atoms with E-state index in [2.05, 4.69) is 10.6 Å². The molecule has 1 saturated carbocycles. The van der Waals surface area contributed by atoms with Crippen LogP contribution in [0.1, 0.15) is 59.3 Å². The molecular formula is C13H26N2O. The molecule has 1 amide bonds. The molecule has 0 aromatic rings. The van der Waals surface area contributed by atoms with Crippen molar-refractivity contribution in [3.05, 3.63) is 0 Å². The molecule has 16 heavy (non-hydrogen) atoms. The van der Waals surface area contributed by atoms with Crippen LogP contribution in [-0.2, 0) is 4.79 Å². The van der Waals surface area contributed by atoms with Gasteiger partial charge in [0.2, 0.25) is 5.91 Å². The smallest absolute Gasteiger partial charge is 0.222 e. The molecule has 2 N–H and O–H groups in total. The highest BCUT2D eigenvalue weighted by Gasteiger charge is 2.33. The highest BCUT2D eigenvalue weighted by molar-refractivity contribution is 5.78. The Labute approximate surface area is 99.4 Å². The Morgan fingerprint density at radius 2 is 1.75 bits per heavy atom. The van der Waals surface area contributed by atoms with Gasteiger partial charge in [-0.25, -0.2) is 0 Å². The van der Waals surface area contributed by atoms with E-state index in [1.54, 1.807) is 0 Å². The predicted molar refractivity (Wildman–Crippen MR) is 67.4 cm³/mol. The first-order chi connectivity index (χ1) is 7.37. The summed E-state index contributed by atoms with van der Waals surface area (Å²) in [5.74, 6) is 0.170. The first-order valence-electron chi connectivity index (χ1n) is 6.37. The lowest BCUT2D eigenvalue weighted by Crippen LogP contribution is -2.50. The average molecular weight is 226 g/mol. The Kier molecular flexibility index (Phi) is 4.36. The predicted octanol–water partition coefficient (Wildman–Crippen LogP) is 2.21. The monoisotopic (exact) mass is 226 g/mol. The van der Waals surface area contributed by atoms with Crippen LogP contribution in [0.5, 0.6) is 0 Å². The summed E-state index contributed by atoms with van der Waals surface area (Å²) in [6.45, 7) is 6.08. The van der Waals surface area contributed by atoms with Crippen LogP contribution >= 0.6 is 0 Å². The lowest BCUT2D eigenvalue weighted by atomic mass is 9.79. The van der Waals surface area contributed by atoms with Gasteiger partial charge in [-0.05, 0) is 40.7 Å². The van der Waals surface area contributed by atoms with Crippen molar-refractivity contribution in [3.63, 3.8) is 0 Å². The van der Waals surface area contributed by atoms with Crippen LogP contribution in [0.3, 0.4) is 0 Å². The number of nitrogens with one attached hydrogen (secondary N) is 2. The summed E-state index contributed by atoms with van der Waals surface area (Å²) in [5.41, 5.74) is -0.0751. The number of hydrogen-bond donors (Lipinski definition) is 2. The molecular weight excluding hydrogens is 200 g/mol. The van der Waals surface area contributed by atoms with E-state index in [0.29, 0.717) is 6.42 Å². The van der Waals surface area contributed by atoms with Gasteiger partial charge in [0.15, 0.2) is 0 Å². The fraction of sp³-hybridized carbons (Fsp3) is 0.923. The zero-order valence-corrected chi connectivity index (χ0v) is 11.2. The topological polar surface area (TPSA) is 41.1 Å². The number of hydrogen-bond acceptors (Lipinski definition) is 2. The number of carbonyl (C=O) groups excluding carboxylic acids is 1. The molecule has 1 fully saturated rings. The van der Waals surface area contributed by atoms with Crippen molar-refractivity contribution in [3.8, 4) is 0 Å². The molecule has 0 heterocycles. The standard InChI is InChI=1S/C13H26N2O/c1-12(2,3)15-11(16)10-13(14-4)8-6-5-7-9-13/h14H,5-10H2,1-4H3,(H,15,16). The van der Waals surface area contributed by atoms with Gasteiger partial charge in [0.1, 0.15) is 0 Å². The van der Waals surface area contributed by atoms with Crippen LogP contribution in [0.25, 0.3) is 0 Å². The fourth-order valence-electron chi connectivity index (χ4n) is 2.51. The first kappa shape index (κ1) is 13.5. The summed E-state index contributed by atoms with van der Waals surface area (Å²) in [5, 5.41) is 6.42. The van der Waals surface area contributed by atoms with E-state index in [0.717, 1.165) is 12.8 Å². The number of carbonyl (C=O) groups is 1. The minimum Gasteiger partial charge on any atom is -0.351 e. The van der Waals surface area contributed by atoms with Gasteiger partial charge < -0.3 is 10.6 Å². The molecule has 1 aliphatic carbocycles. The molecule has 0 atom stereocenters. The van der Waals surface area contributed by atoms with Gasteiger partial charge in [-0.3, -0.25) is 4.79 Å². The minimum atomic E-state index is -0.124. The third kappa shape index (κ3) is 4.12. The minimum absolute atomic E-state index is 0.0492. The molecule has 1 rings (SSSR count). The SMILES string of the molecule is CNC1(CC(=O)NC(C)(C)C)CCCCC1. The molecule has 0 bridgehead atoms. The van der Waals surface area contributed by atoms with Gasteiger partial charge in [-0.2, -0.15) is 0 Å². The summed E-state index contributed by atoms with van der Waals surface area (Å²) in [6, 6.07) is 0. The summed E-state index contributed by atoms with van der Waals surface area (Å²) in [6.07, 6.45) is 6.65. The van der Waals surface area contributed by atoms with Crippen LogP contribution in [0.15, 0.2) is 0 Å². The Hall–Kier alpha value is -0.570. The molecule has 94 valence electrons.